The molecule has 0 aliphatic heterocycles. The van der Waals surface area contributed by atoms with Crippen LogP contribution in [0.25, 0.3) is 10.8 Å². The van der Waals surface area contributed by atoms with Crippen LogP contribution in [0.1, 0.15) is 44.6 Å². The molecule has 0 bridgehead atoms. The Morgan fingerprint density at radius 1 is 1.00 bits per heavy atom. The molecule has 2 aromatic rings. The molecule has 110 valence electrons. The van der Waals surface area contributed by atoms with E-state index in [1.165, 1.54) is 22.8 Å². The van der Waals surface area contributed by atoms with E-state index in [4.69, 9.17) is 0 Å². The lowest BCUT2D eigenvalue weighted by atomic mass is 9.80. The van der Waals surface area contributed by atoms with Gasteiger partial charge in [-0.3, -0.25) is 0 Å². The van der Waals surface area contributed by atoms with Crippen LogP contribution >= 0.6 is 0 Å². The summed E-state index contributed by atoms with van der Waals surface area (Å²) in [4.78, 5) is 0. The monoisotopic (exact) mass is 280 g/mol. The van der Waals surface area contributed by atoms with Gasteiger partial charge in [-0.25, -0.2) is 0 Å². The van der Waals surface area contributed by atoms with Gasteiger partial charge in [-0.05, 0) is 58.8 Å². The van der Waals surface area contributed by atoms with Crippen LogP contribution in [0.4, 0.5) is 0 Å². The summed E-state index contributed by atoms with van der Waals surface area (Å²) in [6.07, 6.45) is 3.15. The molecule has 0 aromatic heterocycles. The molecule has 2 aliphatic carbocycles. The normalized spacial score (nSPS) is 34.2. The Balaban J connectivity index is 1.82. The zero-order valence-electron chi connectivity index (χ0n) is 12.9. The highest BCUT2D eigenvalue weighted by molar-refractivity contribution is 5.86. The number of fused-ring (bicyclic) bond motifs is 2. The van der Waals surface area contributed by atoms with Crippen LogP contribution in [0.2, 0.25) is 0 Å². The van der Waals surface area contributed by atoms with Crippen LogP contribution in [-0.2, 0) is 0 Å². The van der Waals surface area contributed by atoms with Crippen LogP contribution in [0.15, 0.2) is 42.5 Å². The number of aliphatic hydroxyl groups is 1. The highest BCUT2D eigenvalue weighted by atomic mass is 16.3. The third-order valence-electron chi connectivity index (χ3n) is 6.08. The molecule has 1 heteroatoms. The van der Waals surface area contributed by atoms with Crippen LogP contribution in [-0.4, -0.2) is 11.2 Å². The van der Waals surface area contributed by atoms with Crippen molar-refractivity contribution in [3.05, 3.63) is 48.0 Å². The zero-order valence-corrected chi connectivity index (χ0v) is 12.9. The van der Waals surface area contributed by atoms with Gasteiger partial charge in [0, 0.05) is 0 Å². The van der Waals surface area contributed by atoms with Crippen LogP contribution in [0.3, 0.4) is 0 Å². The molecule has 0 amide bonds. The Labute approximate surface area is 127 Å². The SMILES string of the molecule is CC1(C)CC(c2cccc3ccccc23)C2CC(O)CC21. The Hall–Kier alpha value is -1.34. The summed E-state index contributed by atoms with van der Waals surface area (Å²) < 4.78 is 0. The van der Waals surface area contributed by atoms with Crippen molar-refractivity contribution in [3.8, 4) is 0 Å². The summed E-state index contributed by atoms with van der Waals surface area (Å²) in [6.45, 7) is 4.79. The Morgan fingerprint density at radius 3 is 2.62 bits per heavy atom. The highest BCUT2D eigenvalue weighted by Gasteiger charge is 2.52. The average Bonchev–Trinajstić information content (AvgIpc) is 2.96. The lowest BCUT2D eigenvalue weighted by molar-refractivity contribution is 0.152. The van der Waals surface area contributed by atoms with Crippen molar-refractivity contribution in [2.75, 3.05) is 0 Å². The highest BCUT2D eigenvalue weighted by Crippen LogP contribution is 2.61. The smallest absolute Gasteiger partial charge is 0.0546 e. The molecule has 0 heterocycles. The first-order chi connectivity index (χ1) is 10.1. The fourth-order valence-corrected chi connectivity index (χ4v) is 5.17. The van der Waals surface area contributed by atoms with E-state index >= 15 is 0 Å². The number of benzene rings is 2. The molecule has 21 heavy (non-hydrogen) atoms. The van der Waals surface area contributed by atoms with E-state index in [9.17, 15) is 5.11 Å². The van der Waals surface area contributed by atoms with Crippen molar-refractivity contribution in [1.29, 1.82) is 0 Å². The van der Waals surface area contributed by atoms with Gasteiger partial charge >= 0.3 is 0 Å². The molecular formula is C20H24O. The molecule has 2 saturated carbocycles. The second kappa shape index (κ2) is 4.58. The molecule has 0 radical (unpaired) electrons. The molecule has 2 aromatic carbocycles. The van der Waals surface area contributed by atoms with E-state index in [1.54, 1.807) is 0 Å². The van der Waals surface area contributed by atoms with Crippen molar-refractivity contribution in [3.63, 3.8) is 0 Å². The van der Waals surface area contributed by atoms with Gasteiger partial charge in [-0.1, -0.05) is 56.3 Å². The van der Waals surface area contributed by atoms with Gasteiger partial charge in [0.2, 0.25) is 0 Å². The molecule has 2 aliphatic rings. The van der Waals surface area contributed by atoms with Crippen molar-refractivity contribution in [2.45, 2.75) is 45.1 Å². The van der Waals surface area contributed by atoms with E-state index in [0.717, 1.165) is 12.8 Å². The summed E-state index contributed by atoms with van der Waals surface area (Å²) in [6, 6.07) is 15.5. The second-order valence-electron chi connectivity index (χ2n) is 7.76. The summed E-state index contributed by atoms with van der Waals surface area (Å²) in [5.41, 5.74) is 1.85. The standard InChI is InChI=1S/C20H24O/c1-20(2)12-18(17-10-14(21)11-19(17)20)16-9-5-7-13-6-3-4-8-15(13)16/h3-9,14,17-19,21H,10-12H2,1-2H3. The number of aliphatic hydroxyl groups excluding tert-OH is 1. The average molecular weight is 280 g/mol. The van der Waals surface area contributed by atoms with E-state index in [1.807, 2.05) is 0 Å². The summed E-state index contributed by atoms with van der Waals surface area (Å²) in [7, 11) is 0. The van der Waals surface area contributed by atoms with Crippen molar-refractivity contribution < 1.29 is 5.11 Å². The molecule has 1 nitrogen and oxygen atoms in total. The largest absolute Gasteiger partial charge is 0.393 e. The molecule has 0 saturated heterocycles. The Kier molecular flexibility index (Phi) is 2.91. The minimum Gasteiger partial charge on any atom is -0.393 e. The van der Waals surface area contributed by atoms with Gasteiger partial charge in [0.15, 0.2) is 0 Å². The van der Waals surface area contributed by atoms with E-state index in [0.29, 0.717) is 23.2 Å². The first-order valence-electron chi connectivity index (χ1n) is 8.22. The fourth-order valence-electron chi connectivity index (χ4n) is 5.17. The minimum absolute atomic E-state index is 0.0861. The van der Waals surface area contributed by atoms with Gasteiger partial charge in [-0.2, -0.15) is 0 Å². The fraction of sp³-hybridized carbons (Fsp3) is 0.500. The van der Waals surface area contributed by atoms with E-state index in [-0.39, 0.29) is 6.10 Å². The van der Waals surface area contributed by atoms with E-state index < -0.39 is 0 Å². The topological polar surface area (TPSA) is 20.2 Å². The third kappa shape index (κ3) is 2.02. The Bertz CT molecular complexity index is 667. The molecule has 4 rings (SSSR count). The quantitative estimate of drug-likeness (QED) is 0.800. The zero-order chi connectivity index (χ0) is 14.6. The van der Waals surface area contributed by atoms with Gasteiger partial charge in [0.1, 0.15) is 0 Å². The van der Waals surface area contributed by atoms with Gasteiger partial charge < -0.3 is 5.11 Å². The van der Waals surface area contributed by atoms with Crippen LogP contribution in [0.5, 0.6) is 0 Å². The van der Waals surface area contributed by atoms with Gasteiger partial charge in [0.25, 0.3) is 0 Å². The van der Waals surface area contributed by atoms with Crippen molar-refractivity contribution >= 4 is 10.8 Å². The molecule has 4 unspecified atom stereocenters. The third-order valence-corrected chi connectivity index (χ3v) is 6.08. The molecule has 1 N–H and O–H groups in total. The first kappa shape index (κ1) is 13.3. The maximum Gasteiger partial charge on any atom is 0.0546 e. The van der Waals surface area contributed by atoms with Crippen molar-refractivity contribution in [2.24, 2.45) is 17.3 Å². The van der Waals surface area contributed by atoms with Gasteiger partial charge in [0.05, 0.1) is 6.10 Å². The van der Waals surface area contributed by atoms with Crippen LogP contribution in [0, 0.1) is 17.3 Å². The molecular weight excluding hydrogens is 256 g/mol. The molecule has 2 fully saturated rings. The summed E-state index contributed by atoms with van der Waals surface area (Å²) in [5.74, 6) is 1.94. The summed E-state index contributed by atoms with van der Waals surface area (Å²) in [5, 5.41) is 12.9. The Morgan fingerprint density at radius 2 is 1.76 bits per heavy atom. The first-order valence-corrected chi connectivity index (χ1v) is 8.22. The molecule has 0 spiro atoms. The van der Waals surface area contributed by atoms with Crippen molar-refractivity contribution in [1.82, 2.24) is 0 Å². The minimum atomic E-state index is -0.0861. The second-order valence-corrected chi connectivity index (χ2v) is 7.76. The predicted octanol–water partition coefficient (Wildman–Crippen LogP) is 4.74. The maximum atomic E-state index is 10.1. The summed E-state index contributed by atoms with van der Waals surface area (Å²) >= 11 is 0. The predicted molar refractivity (Wildman–Crippen MR) is 87.3 cm³/mol. The molecule has 4 atom stereocenters. The maximum absolute atomic E-state index is 10.1. The lowest BCUT2D eigenvalue weighted by Crippen LogP contribution is -2.18. The van der Waals surface area contributed by atoms with E-state index in [2.05, 4.69) is 56.3 Å². The lowest BCUT2D eigenvalue weighted by Gasteiger charge is -2.25. The van der Waals surface area contributed by atoms with Gasteiger partial charge in [-0.15, -0.1) is 0 Å². The number of hydrogen-bond acceptors (Lipinski definition) is 1. The number of rotatable bonds is 1. The number of hydrogen-bond donors (Lipinski definition) is 1. The van der Waals surface area contributed by atoms with Crippen LogP contribution < -0.4 is 0 Å².